The molecule has 0 saturated heterocycles. The second-order valence-electron chi connectivity index (χ2n) is 9.39. The van der Waals surface area contributed by atoms with Gasteiger partial charge in [0.1, 0.15) is 18.1 Å². The zero-order chi connectivity index (χ0) is 29.5. The molecule has 0 aliphatic heterocycles. The number of nitrogens with zero attached hydrogens (tertiary/aromatic N) is 1. The van der Waals surface area contributed by atoms with Crippen LogP contribution >= 0.6 is 0 Å². The number of aliphatic carboxylic acids is 1. The predicted octanol–water partition coefficient (Wildman–Crippen LogP) is -1.54. The molecular formula is C26H38N8O6. The number of carboxylic acids is 1. The first-order chi connectivity index (χ1) is 19.1. The molecule has 2 aromatic rings. The third kappa shape index (κ3) is 11.2. The average Bonchev–Trinajstić information content (AvgIpc) is 3.44. The van der Waals surface area contributed by atoms with Gasteiger partial charge in [0, 0.05) is 31.2 Å². The summed E-state index contributed by atoms with van der Waals surface area (Å²) in [5.74, 6) is -3.90. The molecule has 0 aliphatic rings. The molecule has 0 fully saturated rings. The Bertz CT molecular complexity index is 1110. The van der Waals surface area contributed by atoms with Crippen LogP contribution in [0, 0.1) is 0 Å². The Morgan fingerprint density at radius 2 is 1.50 bits per heavy atom. The number of benzene rings is 1. The fourth-order valence-electron chi connectivity index (χ4n) is 3.89. The van der Waals surface area contributed by atoms with Crippen LogP contribution in [0.4, 0.5) is 0 Å². The molecule has 0 aliphatic carbocycles. The maximum Gasteiger partial charge on any atom is 0.326 e. The number of aromatic amines is 1. The number of nitrogens with one attached hydrogen (secondary N) is 4. The molecule has 40 heavy (non-hydrogen) atoms. The lowest BCUT2D eigenvalue weighted by Crippen LogP contribution is -2.58. The molecule has 0 spiro atoms. The van der Waals surface area contributed by atoms with Gasteiger partial charge >= 0.3 is 5.97 Å². The molecule has 1 heterocycles. The summed E-state index contributed by atoms with van der Waals surface area (Å²) in [5.41, 5.74) is 17.8. The van der Waals surface area contributed by atoms with Crippen molar-refractivity contribution in [1.29, 1.82) is 0 Å². The summed E-state index contributed by atoms with van der Waals surface area (Å²) < 4.78 is 0. The lowest BCUT2D eigenvalue weighted by atomic mass is 10.0. The number of amides is 4. The highest BCUT2D eigenvalue weighted by Crippen LogP contribution is 2.08. The minimum Gasteiger partial charge on any atom is -0.480 e. The number of hydrogen-bond donors (Lipinski definition) is 8. The summed E-state index contributed by atoms with van der Waals surface area (Å²) in [6, 6.07) is 4.30. The number of H-pyrrole nitrogens is 1. The Hall–Kier alpha value is -4.30. The second kappa shape index (κ2) is 16.6. The molecule has 4 unspecified atom stereocenters. The van der Waals surface area contributed by atoms with E-state index < -0.39 is 53.8 Å². The fourth-order valence-corrected chi connectivity index (χ4v) is 3.89. The third-order valence-electron chi connectivity index (χ3n) is 6.13. The molecule has 1 aromatic heterocycles. The van der Waals surface area contributed by atoms with Crippen molar-refractivity contribution in [2.24, 2.45) is 17.2 Å². The van der Waals surface area contributed by atoms with Crippen LogP contribution < -0.4 is 33.2 Å². The summed E-state index contributed by atoms with van der Waals surface area (Å²) in [6.07, 6.45) is 4.09. The number of carbonyl (C=O) groups excluding carboxylic acids is 4. The number of carboxylic acid groups (broad SMARTS) is 1. The number of imidazole rings is 1. The van der Waals surface area contributed by atoms with Gasteiger partial charge in [-0.05, 0) is 37.8 Å². The molecule has 4 amide bonds. The molecule has 1 aromatic carbocycles. The Morgan fingerprint density at radius 1 is 0.875 bits per heavy atom. The quantitative estimate of drug-likeness (QED) is 0.0985. The fraction of sp³-hybridized carbons (Fsp3) is 0.462. The van der Waals surface area contributed by atoms with Gasteiger partial charge in [0.05, 0.1) is 12.4 Å². The van der Waals surface area contributed by atoms with Crippen LogP contribution in [0.15, 0.2) is 42.9 Å². The van der Waals surface area contributed by atoms with E-state index in [0.717, 1.165) is 5.56 Å². The van der Waals surface area contributed by atoms with Gasteiger partial charge in [0.15, 0.2) is 0 Å². The molecule has 11 N–H and O–H groups in total. The molecule has 4 atom stereocenters. The summed E-state index contributed by atoms with van der Waals surface area (Å²) in [6.45, 7) is 0.388. The van der Waals surface area contributed by atoms with Gasteiger partial charge in [-0.3, -0.25) is 19.2 Å². The van der Waals surface area contributed by atoms with Crippen LogP contribution in [0.3, 0.4) is 0 Å². The maximum absolute atomic E-state index is 13.5. The SMILES string of the molecule is NCCCCC(NC(=O)C(Cc1cnc[nH]1)NC(=O)C(Cc1ccccc1)NC(=O)C(N)CCC(N)=O)C(=O)O. The summed E-state index contributed by atoms with van der Waals surface area (Å²) in [4.78, 5) is 69.0. The van der Waals surface area contributed by atoms with Crippen molar-refractivity contribution in [3.8, 4) is 0 Å². The van der Waals surface area contributed by atoms with Gasteiger partial charge in [0.2, 0.25) is 23.6 Å². The first kappa shape index (κ1) is 31.9. The van der Waals surface area contributed by atoms with E-state index in [2.05, 4.69) is 25.9 Å². The molecule has 0 saturated carbocycles. The number of aromatic nitrogens is 2. The Morgan fingerprint density at radius 3 is 2.08 bits per heavy atom. The van der Waals surface area contributed by atoms with Crippen LogP contribution in [0.1, 0.15) is 43.4 Å². The van der Waals surface area contributed by atoms with Crippen LogP contribution in [0.5, 0.6) is 0 Å². The number of primary amides is 1. The first-order valence-corrected chi connectivity index (χ1v) is 13.0. The first-order valence-electron chi connectivity index (χ1n) is 13.0. The minimum atomic E-state index is -1.21. The zero-order valence-corrected chi connectivity index (χ0v) is 22.2. The second-order valence-corrected chi connectivity index (χ2v) is 9.39. The van der Waals surface area contributed by atoms with Gasteiger partial charge in [-0.1, -0.05) is 30.3 Å². The van der Waals surface area contributed by atoms with Gasteiger partial charge in [-0.2, -0.15) is 0 Å². The van der Waals surface area contributed by atoms with Crippen molar-refractivity contribution in [2.75, 3.05) is 6.54 Å². The van der Waals surface area contributed by atoms with Gasteiger partial charge in [-0.25, -0.2) is 9.78 Å². The van der Waals surface area contributed by atoms with Crippen molar-refractivity contribution in [3.63, 3.8) is 0 Å². The molecule has 14 nitrogen and oxygen atoms in total. The van der Waals surface area contributed by atoms with Crippen molar-refractivity contribution < 1.29 is 29.1 Å². The van der Waals surface area contributed by atoms with Crippen LogP contribution in [-0.4, -0.2) is 75.4 Å². The van der Waals surface area contributed by atoms with Gasteiger partial charge in [-0.15, -0.1) is 0 Å². The van der Waals surface area contributed by atoms with Crippen LogP contribution in [0.25, 0.3) is 0 Å². The van der Waals surface area contributed by atoms with Gasteiger partial charge in [0.25, 0.3) is 0 Å². The number of carbonyl (C=O) groups is 5. The predicted molar refractivity (Wildman–Crippen MR) is 145 cm³/mol. The lowest BCUT2D eigenvalue weighted by molar-refractivity contribution is -0.142. The molecule has 0 bridgehead atoms. The topological polar surface area (TPSA) is 248 Å². The zero-order valence-electron chi connectivity index (χ0n) is 22.2. The standard InChI is InChI=1S/C26H38N8O6/c27-11-5-4-8-19(26(39)40)32-25(38)21(13-17-14-30-15-31-17)34-24(37)20(12-16-6-2-1-3-7-16)33-23(36)18(28)9-10-22(29)35/h1-3,6-7,14-15,18-21H,4-5,8-13,27-28H2,(H2,29,35)(H,30,31)(H,32,38)(H,33,36)(H,34,37)(H,39,40). The number of nitrogens with two attached hydrogens (primary N) is 3. The summed E-state index contributed by atoms with van der Waals surface area (Å²) >= 11 is 0. The molecule has 0 radical (unpaired) electrons. The van der Waals surface area contributed by atoms with E-state index in [4.69, 9.17) is 17.2 Å². The number of hydrogen-bond acceptors (Lipinski definition) is 8. The van der Waals surface area contributed by atoms with Crippen molar-refractivity contribution in [3.05, 3.63) is 54.1 Å². The van der Waals surface area contributed by atoms with E-state index in [1.54, 1.807) is 30.3 Å². The third-order valence-corrected chi connectivity index (χ3v) is 6.13. The van der Waals surface area contributed by atoms with E-state index >= 15 is 0 Å². The highest BCUT2D eigenvalue weighted by Gasteiger charge is 2.31. The lowest BCUT2D eigenvalue weighted by Gasteiger charge is -2.25. The molecule has 2 rings (SSSR count). The van der Waals surface area contributed by atoms with Crippen LogP contribution in [0.2, 0.25) is 0 Å². The van der Waals surface area contributed by atoms with Crippen molar-refractivity contribution in [1.82, 2.24) is 25.9 Å². The van der Waals surface area contributed by atoms with E-state index in [-0.39, 0.29) is 32.1 Å². The average molecular weight is 559 g/mol. The highest BCUT2D eigenvalue weighted by atomic mass is 16.4. The Labute approximate surface area is 231 Å². The molecule has 14 heteroatoms. The van der Waals surface area contributed by atoms with E-state index in [0.29, 0.717) is 25.1 Å². The van der Waals surface area contributed by atoms with Crippen molar-refractivity contribution >= 4 is 29.6 Å². The van der Waals surface area contributed by atoms with Crippen LogP contribution in [-0.2, 0) is 36.8 Å². The number of rotatable bonds is 18. The molecule has 218 valence electrons. The van der Waals surface area contributed by atoms with E-state index in [1.807, 2.05) is 0 Å². The summed E-state index contributed by atoms with van der Waals surface area (Å²) in [7, 11) is 0. The maximum atomic E-state index is 13.5. The smallest absolute Gasteiger partial charge is 0.326 e. The van der Waals surface area contributed by atoms with E-state index in [9.17, 15) is 29.1 Å². The molecular weight excluding hydrogens is 520 g/mol. The van der Waals surface area contributed by atoms with E-state index in [1.165, 1.54) is 12.5 Å². The van der Waals surface area contributed by atoms with Crippen molar-refractivity contribution in [2.45, 2.75) is 69.1 Å². The number of unbranched alkanes of at least 4 members (excludes halogenated alkanes) is 1. The Balaban J connectivity index is 2.23. The highest BCUT2D eigenvalue weighted by molar-refractivity contribution is 5.94. The largest absolute Gasteiger partial charge is 0.480 e. The summed E-state index contributed by atoms with van der Waals surface area (Å²) in [5, 5.41) is 17.3. The Kier molecular flexibility index (Phi) is 13.3. The van der Waals surface area contributed by atoms with Gasteiger partial charge < -0.3 is 43.2 Å². The minimum absolute atomic E-state index is 0.00751. The monoisotopic (exact) mass is 558 g/mol. The normalized spacial score (nSPS) is 13.8.